The fraction of sp³-hybridized carbons (Fsp3) is 0.500. The maximum Gasteiger partial charge on any atom is 0.325 e. The van der Waals surface area contributed by atoms with Crippen LogP contribution >= 0.6 is 0 Å². The van der Waals surface area contributed by atoms with Crippen LogP contribution in [-0.4, -0.2) is 47.9 Å². The molecule has 1 aromatic carbocycles. The molecule has 3 rings (SSSR count). The van der Waals surface area contributed by atoms with Gasteiger partial charge in [0.1, 0.15) is 12.1 Å². The second kappa shape index (κ2) is 7.13. The Morgan fingerprint density at radius 1 is 1.24 bits per heavy atom. The summed E-state index contributed by atoms with van der Waals surface area (Å²) in [5, 5.41) is 8.75. The molecular weight excluding hydrogens is 320 g/mol. The maximum atomic E-state index is 12.4. The van der Waals surface area contributed by atoms with Crippen LogP contribution in [-0.2, 0) is 9.59 Å². The molecule has 1 aliphatic heterocycles. The Bertz CT molecular complexity index is 660. The quantitative estimate of drug-likeness (QED) is 0.490. The summed E-state index contributed by atoms with van der Waals surface area (Å²) in [6.45, 7) is 2.74. The third-order valence-electron chi connectivity index (χ3n) is 4.78. The molecule has 0 bridgehead atoms. The number of amides is 4. The van der Waals surface area contributed by atoms with E-state index in [9.17, 15) is 14.4 Å². The number of benzene rings is 1. The van der Waals surface area contributed by atoms with Crippen molar-refractivity contribution in [2.45, 2.75) is 31.7 Å². The molecule has 3 N–H and O–H groups in total. The van der Waals surface area contributed by atoms with Crippen molar-refractivity contribution >= 4 is 23.5 Å². The molecule has 2 fully saturated rings. The number of nitrogens with zero attached hydrogens (tertiary/aromatic N) is 1. The third kappa shape index (κ3) is 3.92. The number of hydrogen-bond donors (Lipinski definition) is 3. The van der Waals surface area contributed by atoms with Crippen molar-refractivity contribution in [2.75, 3.05) is 25.0 Å². The van der Waals surface area contributed by atoms with Gasteiger partial charge in [0.2, 0.25) is 5.91 Å². The summed E-state index contributed by atoms with van der Waals surface area (Å²) in [5.74, 6) is -0.412. The molecule has 1 atom stereocenters. The average molecular weight is 344 g/mol. The lowest BCUT2D eigenvalue weighted by Gasteiger charge is -2.20. The van der Waals surface area contributed by atoms with Gasteiger partial charge in [-0.3, -0.25) is 14.5 Å². The molecule has 0 radical (unpaired) electrons. The van der Waals surface area contributed by atoms with Crippen molar-refractivity contribution < 1.29 is 14.4 Å². The summed E-state index contributed by atoms with van der Waals surface area (Å²) >= 11 is 0. The van der Waals surface area contributed by atoms with Gasteiger partial charge in [-0.25, -0.2) is 4.79 Å². The molecule has 1 saturated carbocycles. The summed E-state index contributed by atoms with van der Waals surface area (Å²) < 4.78 is 0. The zero-order valence-electron chi connectivity index (χ0n) is 14.4. The van der Waals surface area contributed by atoms with Gasteiger partial charge in [-0.15, -0.1) is 0 Å². The lowest BCUT2D eigenvalue weighted by molar-refractivity contribution is -0.135. The van der Waals surface area contributed by atoms with E-state index in [0.29, 0.717) is 6.54 Å². The highest BCUT2D eigenvalue weighted by atomic mass is 16.2. The van der Waals surface area contributed by atoms with Gasteiger partial charge in [0, 0.05) is 18.8 Å². The van der Waals surface area contributed by atoms with Crippen LogP contribution in [0.25, 0.3) is 0 Å². The Balaban J connectivity index is 1.38. The number of para-hydroxylation sites is 1. The molecule has 1 aliphatic carbocycles. The molecule has 4 amide bonds. The number of anilines is 1. The van der Waals surface area contributed by atoms with Crippen molar-refractivity contribution in [3.05, 3.63) is 30.3 Å². The van der Waals surface area contributed by atoms with Gasteiger partial charge in [0.05, 0.1) is 0 Å². The molecular formula is C18H24N4O3. The van der Waals surface area contributed by atoms with Crippen LogP contribution in [0.15, 0.2) is 30.3 Å². The van der Waals surface area contributed by atoms with Gasteiger partial charge in [-0.2, -0.15) is 0 Å². The first-order valence-corrected chi connectivity index (χ1v) is 8.70. The van der Waals surface area contributed by atoms with Crippen LogP contribution in [0.4, 0.5) is 10.5 Å². The van der Waals surface area contributed by atoms with Crippen molar-refractivity contribution in [1.29, 1.82) is 0 Å². The number of nitrogens with one attached hydrogen (secondary N) is 3. The Morgan fingerprint density at radius 2 is 1.96 bits per heavy atom. The summed E-state index contributed by atoms with van der Waals surface area (Å²) in [6.07, 6.45) is 2.63. The van der Waals surface area contributed by atoms with E-state index in [4.69, 9.17) is 0 Å². The van der Waals surface area contributed by atoms with E-state index in [0.717, 1.165) is 36.4 Å². The number of urea groups is 1. The predicted molar refractivity (Wildman–Crippen MR) is 93.9 cm³/mol. The topological polar surface area (TPSA) is 90.5 Å². The first-order valence-electron chi connectivity index (χ1n) is 8.70. The number of carbonyl (C=O) groups is 3. The zero-order chi connectivity index (χ0) is 17.9. The molecule has 25 heavy (non-hydrogen) atoms. The third-order valence-corrected chi connectivity index (χ3v) is 4.78. The van der Waals surface area contributed by atoms with Crippen LogP contribution in [0.3, 0.4) is 0 Å². The highest BCUT2D eigenvalue weighted by molar-refractivity contribution is 6.09. The fourth-order valence-electron chi connectivity index (χ4n) is 3.10. The summed E-state index contributed by atoms with van der Waals surface area (Å²) in [5.41, 5.74) is 0.198. The van der Waals surface area contributed by atoms with Crippen LogP contribution in [0, 0.1) is 5.92 Å². The second-order valence-corrected chi connectivity index (χ2v) is 6.79. The molecule has 2 aliphatic rings. The van der Waals surface area contributed by atoms with Gasteiger partial charge < -0.3 is 16.0 Å². The average Bonchev–Trinajstić information content (AvgIpc) is 3.42. The summed E-state index contributed by atoms with van der Waals surface area (Å²) in [7, 11) is 0. The number of rotatable bonds is 8. The van der Waals surface area contributed by atoms with E-state index in [1.54, 1.807) is 6.92 Å². The van der Waals surface area contributed by atoms with Crippen LogP contribution in [0.2, 0.25) is 0 Å². The van der Waals surface area contributed by atoms with E-state index in [1.165, 1.54) is 0 Å². The van der Waals surface area contributed by atoms with E-state index in [2.05, 4.69) is 16.0 Å². The Hall–Kier alpha value is -2.57. The van der Waals surface area contributed by atoms with Crippen molar-refractivity contribution in [3.63, 3.8) is 0 Å². The van der Waals surface area contributed by atoms with Gasteiger partial charge in [-0.05, 0) is 44.2 Å². The van der Waals surface area contributed by atoms with E-state index in [1.807, 2.05) is 30.3 Å². The molecule has 134 valence electrons. The lowest BCUT2D eigenvalue weighted by Crippen LogP contribution is -2.47. The first kappa shape index (κ1) is 17.3. The molecule has 7 nitrogen and oxygen atoms in total. The minimum absolute atomic E-state index is 0.195. The molecule has 1 aromatic rings. The van der Waals surface area contributed by atoms with E-state index >= 15 is 0 Å². The SMILES string of the molecule is C[C@@]1(C2CC2)NC(=O)N(CC(=O)NCCCNc2ccccc2)C1=O. The van der Waals surface area contributed by atoms with Crippen molar-refractivity contribution in [1.82, 2.24) is 15.5 Å². The van der Waals surface area contributed by atoms with Crippen LogP contribution in [0.5, 0.6) is 0 Å². The van der Waals surface area contributed by atoms with E-state index in [-0.39, 0.29) is 24.3 Å². The van der Waals surface area contributed by atoms with Crippen LogP contribution in [0.1, 0.15) is 26.2 Å². The second-order valence-electron chi connectivity index (χ2n) is 6.79. The number of hydrogen-bond acceptors (Lipinski definition) is 4. The Kier molecular flexibility index (Phi) is 4.92. The predicted octanol–water partition coefficient (Wildman–Crippen LogP) is 1.33. The normalized spacial score (nSPS) is 22.7. The number of imide groups is 1. The molecule has 0 aromatic heterocycles. The largest absolute Gasteiger partial charge is 0.385 e. The smallest absolute Gasteiger partial charge is 0.325 e. The first-order chi connectivity index (χ1) is 12.0. The highest BCUT2D eigenvalue weighted by Crippen LogP contribution is 2.42. The van der Waals surface area contributed by atoms with Gasteiger partial charge >= 0.3 is 6.03 Å². The monoisotopic (exact) mass is 344 g/mol. The maximum absolute atomic E-state index is 12.4. The van der Waals surface area contributed by atoms with Gasteiger partial charge in [-0.1, -0.05) is 18.2 Å². The molecule has 0 spiro atoms. The fourth-order valence-corrected chi connectivity index (χ4v) is 3.10. The molecule has 0 unspecified atom stereocenters. The highest BCUT2D eigenvalue weighted by Gasteiger charge is 2.56. The molecule has 7 heteroatoms. The van der Waals surface area contributed by atoms with Crippen LogP contribution < -0.4 is 16.0 Å². The molecule has 1 saturated heterocycles. The minimum Gasteiger partial charge on any atom is -0.385 e. The zero-order valence-corrected chi connectivity index (χ0v) is 14.4. The van der Waals surface area contributed by atoms with Gasteiger partial charge in [0.25, 0.3) is 5.91 Å². The summed E-state index contributed by atoms with van der Waals surface area (Å²) in [4.78, 5) is 37.5. The van der Waals surface area contributed by atoms with E-state index < -0.39 is 11.6 Å². The standard InChI is InChI=1S/C18H24N4O3/c1-18(13-8-9-13)16(24)22(17(25)21-18)12-15(23)20-11-5-10-19-14-6-3-2-4-7-14/h2-4,6-7,13,19H,5,8-12H2,1H3,(H,20,23)(H,21,25)/t18-/m0/s1. The lowest BCUT2D eigenvalue weighted by atomic mass is 9.96. The Morgan fingerprint density at radius 3 is 2.64 bits per heavy atom. The number of carbonyl (C=O) groups excluding carboxylic acids is 3. The van der Waals surface area contributed by atoms with Crippen molar-refractivity contribution in [2.24, 2.45) is 5.92 Å². The minimum atomic E-state index is -0.836. The Labute approximate surface area is 147 Å². The summed E-state index contributed by atoms with van der Waals surface area (Å²) in [6, 6.07) is 9.35. The van der Waals surface area contributed by atoms with Gasteiger partial charge in [0.15, 0.2) is 0 Å². The van der Waals surface area contributed by atoms with Crippen molar-refractivity contribution in [3.8, 4) is 0 Å². The molecule has 1 heterocycles.